The highest BCUT2D eigenvalue weighted by molar-refractivity contribution is 5.82. The molecule has 2 rings (SSSR count). The topological polar surface area (TPSA) is 50.4 Å². The molecule has 0 atom stereocenters. The van der Waals surface area contributed by atoms with Crippen LogP contribution in [0.3, 0.4) is 0 Å². The Morgan fingerprint density at radius 3 is 2.65 bits per heavy atom. The minimum atomic E-state index is -0.248. The Kier molecular flexibility index (Phi) is 3.18. The van der Waals surface area contributed by atoms with Crippen LogP contribution in [0.15, 0.2) is 27.4 Å². The summed E-state index contributed by atoms with van der Waals surface area (Å²) >= 11 is 0. The van der Waals surface area contributed by atoms with Gasteiger partial charge in [-0.3, -0.25) is 0 Å². The van der Waals surface area contributed by atoms with Gasteiger partial charge in [0, 0.05) is 10.9 Å². The first-order valence-corrected chi connectivity index (χ1v) is 5.95. The molecule has 0 fully saturated rings. The van der Waals surface area contributed by atoms with Gasteiger partial charge in [0.25, 0.3) is 0 Å². The summed E-state index contributed by atoms with van der Waals surface area (Å²) in [6, 6.07) is 4.83. The van der Waals surface area contributed by atoms with Gasteiger partial charge in [0.1, 0.15) is 11.3 Å². The largest absolute Gasteiger partial charge is 0.508 e. The summed E-state index contributed by atoms with van der Waals surface area (Å²) in [6.45, 7) is 4.04. The Balaban J connectivity index is 2.82. The van der Waals surface area contributed by atoms with Gasteiger partial charge in [-0.2, -0.15) is 0 Å². The van der Waals surface area contributed by atoms with Crippen molar-refractivity contribution >= 4 is 11.0 Å². The fraction of sp³-hybridized carbons (Fsp3) is 0.357. The maximum absolute atomic E-state index is 11.9. The summed E-state index contributed by atoms with van der Waals surface area (Å²) in [5.74, 6) is 0.198. The first-order valence-electron chi connectivity index (χ1n) is 5.95. The van der Waals surface area contributed by atoms with Crippen molar-refractivity contribution in [3.8, 4) is 5.75 Å². The van der Waals surface area contributed by atoms with Crippen LogP contribution in [-0.2, 0) is 12.8 Å². The summed E-state index contributed by atoms with van der Waals surface area (Å²) < 4.78 is 5.28. The van der Waals surface area contributed by atoms with Crippen molar-refractivity contribution in [3.05, 3.63) is 39.7 Å². The average Bonchev–Trinajstić information content (AvgIpc) is 2.31. The number of hydrogen-bond acceptors (Lipinski definition) is 3. The summed E-state index contributed by atoms with van der Waals surface area (Å²) in [6.07, 6.45) is 2.39. The van der Waals surface area contributed by atoms with Gasteiger partial charge in [0.05, 0.1) is 0 Å². The average molecular weight is 232 g/mol. The Morgan fingerprint density at radius 2 is 2.00 bits per heavy atom. The highest BCUT2D eigenvalue weighted by Gasteiger charge is 2.12. The van der Waals surface area contributed by atoms with E-state index >= 15 is 0 Å². The summed E-state index contributed by atoms with van der Waals surface area (Å²) in [5, 5.41) is 10.4. The molecular weight excluding hydrogens is 216 g/mol. The van der Waals surface area contributed by atoms with Crippen molar-refractivity contribution in [2.24, 2.45) is 0 Å². The fourth-order valence-electron chi connectivity index (χ4n) is 2.20. The minimum absolute atomic E-state index is 0.198. The number of phenolic OH excluding ortho intramolecular Hbond substituents is 1. The summed E-state index contributed by atoms with van der Waals surface area (Å²) in [4.78, 5) is 11.9. The molecule has 0 aliphatic carbocycles. The van der Waals surface area contributed by atoms with Gasteiger partial charge in [-0.1, -0.05) is 20.3 Å². The second-order valence-electron chi connectivity index (χ2n) is 4.13. The second-order valence-corrected chi connectivity index (χ2v) is 4.13. The SMILES string of the molecule is CCCc1c(CC)c2cc(O)ccc2oc1=O. The monoisotopic (exact) mass is 232 g/mol. The Morgan fingerprint density at radius 1 is 1.24 bits per heavy atom. The van der Waals surface area contributed by atoms with Crippen molar-refractivity contribution in [2.75, 3.05) is 0 Å². The van der Waals surface area contributed by atoms with Gasteiger partial charge >= 0.3 is 5.63 Å². The summed E-state index contributed by atoms with van der Waals surface area (Å²) in [5.41, 5.74) is 2.04. The molecule has 0 bridgehead atoms. The molecule has 0 saturated carbocycles. The Hall–Kier alpha value is -1.77. The second kappa shape index (κ2) is 4.62. The lowest BCUT2D eigenvalue weighted by atomic mass is 9.99. The minimum Gasteiger partial charge on any atom is -0.508 e. The van der Waals surface area contributed by atoms with Gasteiger partial charge in [0.15, 0.2) is 0 Å². The van der Waals surface area contributed by atoms with Crippen LogP contribution in [0.2, 0.25) is 0 Å². The number of phenols is 1. The standard InChI is InChI=1S/C14H16O3/c1-3-5-11-10(4-2)12-8-9(15)6-7-13(12)17-14(11)16/h6-8,15H,3-5H2,1-2H3. The van der Waals surface area contributed by atoms with Crippen LogP contribution in [0.4, 0.5) is 0 Å². The van der Waals surface area contributed by atoms with Crippen LogP contribution < -0.4 is 5.63 Å². The van der Waals surface area contributed by atoms with Gasteiger partial charge in [0.2, 0.25) is 0 Å². The first-order chi connectivity index (χ1) is 8.17. The zero-order valence-corrected chi connectivity index (χ0v) is 10.1. The number of benzene rings is 1. The van der Waals surface area contributed by atoms with Gasteiger partial charge in [-0.25, -0.2) is 4.79 Å². The van der Waals surface area contributed by atoms with E-state index in [0.29, 0.717) is 5.58 Å². The van der Waals surface area contributed by atoms with E-state index in [2.05, 4.69) is 0 Å². The molecule has 0 spiro atoms. The zero-order chi connectivity index (χ0) is 12.4. The highest BCUT2D eigenvalue weighted by atomic mass is 16.4. The van der Waals surface area contributed by atoms with Crippen LogP contribution in [0.1, 0.15) is 31.4 Å². The molecule has 2 aromatic rings. The number of fused-ring (bicyclic) bond motifs is 1. The van der Waals surface area contributed by atoms with Crippen LogP contribution in [-0.4, -0.2) is 5.11 Å². The van der Waals surface area contributed by atoms with Crippen LogP contribution >= 0.6 is 0 Å². The normalized spacial score (nSPS) is 10.9. The number of aryl methyl sites for hydroxylation is 1. The van der Waals surface area contributed by atoms with E-state index < -0.39 is 0 Å². The lowest BCUT2D eigenvalue weighted by molar-refractivity contribution is 0.475. The van der Waals surface area contributed by atoms with Crippen molar-refractivity contribution in [2.45, 2.75) is 33.1 Å². The smallest absolute Gasteiger partial charge is 0.339 e. The highest BCUT2D eigenvalue weighted by Crippen LogP contribution is 2.25. The number of hydrogen-bond donors (Lipinski definition) is 1. The van der Waals surface area contributed by atoms with Crippen LogP contribution in [0.25, 0.3) is 11.0 Å². The van der Waals surface area contributed by atoms with Gasteiger partial charge in [-0.15, -0.1) is 0 Å². The van der Waals surface area contributed by atoms with Crippen molar-refractivity contribution in [3.63, 3.8) is 0 Å². The Labute approximate surface area is 99.7 Å². The summed E-state index contributed by atoms with van der Waals surface area (Å²) in [7, 11) is 0. The third-order valence-corrected chi connectivity index (χ3v) is 2.96. The maximum atomic E-state index is 11.9. The molecule has 1 aromatic heterocycles. The third kappa shape index (κ3) is 2.05. The molecule has 0 radical (unpaired) electrons. The lowest BCUT2D eigenvalue weighted by Gasteiger charge is -2.09. The van der Waals surface area contributed by atoms with E-state index in [1.807, 2.05) is 13.8 Å². The van der Waals surface area contributed by atoms with E-state index in [1.54, 1.807) is 12.1 Å². The molecule has 1 aromatic carbocycles. The van der Waals surface area contributed by atoms with Gasteiger partial charge < -0.3 is 9.52 Å². The van der Waals surface area contributed by atoms with E-state index in [1.165, 1.54) is 6.07 Å². The van der Waals surface area contributed by atoms with Gasteiger partial charge in [-0.05, 0) is 36.6 Å². The third-order valence-electron chi connectivity index (χ3n) is 2.96. The molecule has 1 N–H and O–H groups in total. The molecule has 0 unspecified atom stereocenters. The van der Waals surface area contributed by atoms with E-state index in [9.17, 15) is 9.90 Å². The molecule has 3 heteroatoms. The predicted octanol–water partition coefficient (Wildman–Crippen LogP) is 3.01. The van der Waals surface area contributed by atoms with E-state index in [0.717, 1.165) is 35.8 Å². The van der Waals surface area contributed by atoms with Crippen molar-refractivity contribution in [1.29, 1.82) is 0 Å². The quantitative estimate of drug-likeness (QED) is 0.827. The molecule has 17 heavy (non-hydrogen) atoms. The lowest BCUT2D eigenvalue weighted by Crippen LogP contribution is -2.11. The molecule has 0 saturated heterocycles. The number of rotatable bonds is 3. The molecule has 0 aliphatic heterocycles. The maximum Gasteiger partial charge on any atom is 0.339 e. The Bertz CT molecular complexity index is 596. The molecule has 90 valence electrons. The van der Waals surface area contributed by atoms with E-state index in [-0.39, 0.29) is 11.4 Å². The first kappa shape index (κ1) is 11.7. The molecule has 0 amide bonds. The number of aromatic hydroxyl groups is 1. The van der Waals surface area contributed by atoms with Crippen molar-refractivity contribution in [1.82, 2.24) is 0 Å². The van der Waals surface area contributed by atoms with Crippen LogP contribution in [0, 0.1) is 0 Å². The van der Waals surface area contributed by atoms with Crippen LogP contribution in [0.5, 0.6) is 5.75 Å². The molecule has 0 aliphatic rings. The molecule has 3 nitrogen and oxygen atoms in total. The molecule has 1 heterocycles. The molecular formula is C14H16O3. The predicted molar refractivity (Wildman–Crippen MR) is 67.5 cm³/mol. The van der Waals surface area contributed by atoms with E-state index in [4.69, 9.17) is 4.42 Å². The fourth-order valence-corrected chi connectivity index (χ4v) is 2.20. The van der Waals surface area contributed by atoms with Crippen molar-refractivity contribution < 1.29 is 9.52 Å². The zero-order valence-electron chi connectivity index (χ0n) is 10.1.